The van der Waals surface area contributed by atoms with Crippen LogP contribution in [0, 0.1) is 0 Å². The van der Waals surface area contributed by atoms with Crippen LogP contribution in [-0.2, 0) is 0 Å². The molecular formula is C73H49NOSi. The van der Waals surface area contributed by atoms with Crippen molar-refractivity contribution in [2.45, 2.75) is 11.8 Å². The molecule has 356 valence electrons. The molecule has 3 heteroatoms. The van der Waals surface area contributed by atoms with E-state index < -0.39 is 8.07 Å². The van der Waals surface area contributed by atoms with Crippen LogP contribution in [0.4, 0.5) is 0 Å². The Balaban J connectivity index is 0.924. The molecule has 2 atom stereocenters. The highest BCUT2D eigenvalue weighted by Gasteiger charge is 2.49. The van der Waals surface area contributed by atoms with Crippen LogP contribution in [0.25, 0.3) is 77.8 Å². The molecule has 0 fully saturated rings. The van der Waals surface area contributed by atoms with Gasteiger partial charge in [-0.1, -0.05) is 261 Å². The molecule has 2 heterocycles. The van der Waals surface area contributed by atoms with Gasteiger partial charge in [0.15, 0.2) is 8.07 Å². The zero-order chi connectivity index (χ0) is 50.2. The van der Waals surface area contributed by atoms with E-state index in [0.717, 1.165) is 66.7 Å². The van der Waals surface area contributed by atoms with Crippen LogP contribution in [0.2, 0.25) is 0 Å². The van der Waals surface area contributed by atoms with Crippen molar-refractivity contribution >= 4 is 50.8 Å². The van der Waals surface area contributed by atoms with Crippen molar-refractivity contribution in [3.63, 3.8) is 0 Å². The van der Waals surface area contributed by atoms with E-state index >= 15 is 0 Å². The van der Waals surface area contributed by atoms with E-state index in [1.165, 1.54) is 65.3 Å². The van der Waals surface area contributed by atoms with Gasteiger partial charge in [0.1, 0.15) is 11.2 Å². The Hall–Kier alpha value is -9.41. The van der Waals surface area contributed by atoms with Gasteiger partial charge in [0.25, 0.3) is 0 Å². The smallest absolute Gasteiger partial charge is 0.179 e. The molecule has 0 saturated carbocycles. The monoisotopic (exact) mass is 983 g/mol. The Morgan fingerprint density at radius 3 is 1.51 bits per heavy atom. The highest BCUT2D eigenvalue weighted by molar-refractivity contribution is 7.20. The molecular weight excluding hydrogens is 935 g/mol. The summed E-state index contributed by atoms with van der Waals surface area (Å²) in [6.07, 6.45) is 0. The number of para-hydroxylation sites is 2. The molecule has 2 unspecified atom stereocenters. The van der Waals surface area contributed by atoms with E-state index in [1.807, 2.05) is 6.07 Å². The van der Waals surface area contributed by atoms with Crippen LogP contribution in [0.1, 0.15) is 45.2 Å². The summed E-state index contributed by atoms with van der Waals surface area (Å²) in [4.78, 5) is 5.48. The van der Waals surface area contributed by atoms with Gasteiger partial charge in [0, 0.05) is 39.3 Å². The zero-order valence-electron chi connectivity index (χ0n) is 41.6. The van der Waals surface area contributed by atoms with E-state index in [4.69, 9.17) is 9.40 Å². The van der Waals surface area contributed by atoms with E-state index in [0.29, 0.717) is 0 Å². The minimum Gasteiger partial charge on any atom is -0.455 e. The molecule has 2 bridgehead atoms. The summed E-state index contributed by atoms with van der Waals surface area (Å²) < 4.78 is 6.63. The highest BCUT2D eigenvalue weighted by atomic mass is 28.3. The average Bonchev–Trinajstić information content (AvgIpc) is 4.05. The van der Waals surface area contributed by atoms with Gasteiger partial charge in [0.2, 0.25) is 0 Å². The fourth-order valence-electron chi connectivity index (χ4n) is 13.3. The first kappa shape index (κ1) is 44.1. The van der Waals surface area contributed by atoms with Crippen molar-refractivity contribution in [2.24, 2.45) is 0 Å². The molecule has 0 saturated heterocycles. The summed E-state index contributed by atoms with van der Waals surface area (Å²) in [5.74, 6) is 0.0974. The summed E-state index contributed by atoms with van der Waals surface area (Å²) in [5, 5.41) is 7.84. The van der Waals surface area contributed by atoms with E-state index in [2.05, 4.69) is 279 Å². The Labute approximate surface area is 443 Å². The molecule has 13 aromatic rings. The van der Waals surface area contributed by atoms with Gasteiger partial charge in [-0.05, 0) is 106 Å². The molecule has 0 spiro atoms. The summed E-state index contributed by atoms with van der Waals surface area (Å²) in [6, 6.07) is 106. The fourth-order valence-corrected chi connectivity index (χ4v) is 18.3. The third-order valence-corrected chi connectivity index (χ3v) is 21.3. The molecule has 3 aliphatic rings. The predicted molar refractivity (Wildman–Crippen MR) is 317 cm³/mol. The molecule has 0 amide bonds. The highest BCUT2D eigenvalue weighted by Crippen LogP contribution is 2.58. The van der Waals surface area contributed by atoms with Crippen molar-refractivity contribution < 1.29 is 4.42 Å². The Bertz CT molecular complexity index is 4260. The lowest BCUT2D eigenvalue weighted by Crippen LogP contribution is -2.75. The molecule has 11 aromatic carbocycles. The first-order valence-electron chi connectivity index (χ1n) is 26.4. The maximum Gasteiger partial charge on any atom is 0.179 e. The molecule has 0 N–H and O–H groups in total. The molecule has 3 aliphatic carbocycles. The van der Waals surface area contributed by atoms with E-state index in [9.17, 15) is 0 Å². The number of aromatic nitrogens is 1. The zero-order valence-corrected chi connectivity index (χ0v) is 42.6. The maximum atomic E-state index is 6.63. The normalized spacial score (nSPS) is 14.3. The Morgan fingerprint density at radius 1 is 0.303 bits per heavy atom. The van der Waals surface area contributed by atoms with Crippen LogP contribution in [0.3, 0.4) is 0 Å². The number of rotatable bonds is 9. The fraction of sp³-hybridized carbons (Fsp3) is 0.0274. The third kappa shape index (κ3) is 6.83. The maximum absolute atomic E-state index is 6.63. The quantitative estimate of drug-likeness (QED) is 0.106. The lowest BCUT2D eigenvalue weighted by Gasteiger charge is -2.47. The number of hydrogen-bond donors (Lipinski definition) is 0. The number of nitrogens with zero attached hydrogens (tertiary/aromatic N) is 1. The number of hydrogen-bond acceptors (Lipinski definition) is 2. The standard InChI is InChI=1S/C73H49NOSi/c1-5-23-48(24-6-1)65-46-51(47-66(74-65)57-34-14-13-33-56(57)61-39-21-40-62-58-35-17-18-43-67(58)75-73(61)62)49-25-19-26-50(45-49)55-38-20-41-63-69-59-36-15-16-37-60(59)72(70(55)63)71-64(69)42-22-44-68(71)76(52-27-7-2-8-28-52,53-29-9-3-10-30-53)54-31-11-4-12-32-54/h1-47,69,72H. The number of furan rings is 1. The number of benzene rings is 11. The minimum atomic E-state index is -2.93. The van der Waals surface area contributed by atoms with Gasteiger partial charge in [0.05, 0.1) is 11.4 Å². The van der Waals surface area contributed by atoms with Gasteiger partial charge in [-0.25, -0.2) is 4.98 Å². The lowest BCUT2D eigenvalue weighted by atomic mass is 9.60. The SMILES string of the molecule is c1ccc(-c2cc(-c3cccc(-c4cccc5c4C4c6ccccc6C5c5cccc([Si](c6ccccc6)(c6ccccc6)c6ccccc6)c54)c3)cc(-c3ccccc3-c3cccc4c3oc3ccccc34)n2)cc1. The Morgan fingerprint density at radius 2 is 0.789 bits per heavy atom. The third-order valence-electron chi connectivity index (χ3n) is 16.4. The molecule has 16 rings (SSSR count). The van der Waals surface area contributed by atoms with Crippen molar-refractivity contribution in [3.05, 3.63) is 318 Å². The second-order valence-electron chi connectivity index (χ2n) is 20.4. The van der Waals surface area contributed by atoms with Crippen molar-refractivity contribution in [2.75, 3.05) is 0 Å². The summed E-state index contributed by atoms with van der Waals surface area (Å²) >= 11 is 0. The van der Waals surface area contributed by atoms with Gasteiger partial charge in [-0.3, -0.25) is 0 Å². The van der Waals surface area contributed by atoms with Gasteiger partial charge < -0.3 is 4.42 Å². The van der Waals surface area contributed by atoms with E-state index in [1.54, 1.807) is 0 Å². The Kier molecular flexibility index (Phi) is 10.4. The minimum absolute atomic E-state index is 0.00943. The van der Waals surface area contributed by atoms with Gasteiger partial charge in [-0.2, -0.15) is 0 Å². The largest absolute Gasteiger partial charge is 0.455 e. The van der Waals surface area contributed by atoms with Crippen molar-refractivity contribution in [1.29, 1.82) is 0 Å². The summed E-state index contributed by atoms with van der Waals surface area (Å²) in [6.45, 7) is 0. The molecule has 0 aliphatic heterocycles. The first-order chi connectivity index (χ1) is 37.7. The molecule has 2 aromatic heterocycles. The van der Waals surface area contributed by atoms with Gasteiger partial charge >= 0.3 is 0 Å². The van der Waals surface area contributed by atoms with Crippen molar-refractivity contribution in [1.82, 2.24) is 4.98 Å². The molecule has 76 heavy (non-hydrogen) atoms. The second kappa shape index (κ2) is 17.9. The first-order valence-corrected chi connectivity index (χ1v) is 28.4. The van der Waals surface area contributed by atoms with Crippen LogP contribution in [-0.4, -0.2) is 13.1 Å². The summed E-state index contributed by atoms with van der Waals surface area (Å²) in [7, 11) is -2.93. The molecule has 2 nitrogen and oxygen atoms in total. The topological polar surface area (TPSA) is 26.0 Å². The van der Waals surface area contributed by atoms with E-state index in [-0.39, 0.29) is 11.8 Å². The predicted octanol–water partition coefficient (Wildman–Crippen LogP) is 15.7. The van der Waals surface area contributed by atoms with Crippen LogP contribution >= 0.6 is 0 Å². The second-order valence-corrected chi connectivity index (χ2v) is 24.1. The number of pyridine rings is 1. The van der Waals surface area contributed by atoms with Crippen LogP contribution in [0.5, 0.6) is 0 Å². The average molecular weight is 984 g/mol. The number of fused-ring (bicyclic) bond motifs is 3. The summed E-state index contributed by atoms with van der Waals surface area (Å²) in [5.41, 5.74) is 21.1. The van der Waals surface area contributed by atoms with Gasteiger partial charge in [-0.15, -0.1) is 0 Å². The van der Waals surface area contributed by atoms with Crippen molar-refractivity contribution in [3.8, 4) is 55.9 Å². The van der Waals surface area contributed by atoms with Crippen LogP contribution < -0.4 is 20.7 Å². The lowest BCUT2D eigenvalue weighted by molar-refractivity contribution is 0.670. The van der Waals surface area contributed by atoms with Crippen LogP contribution in [0.15, 0.2) is 290 Å². The molecule has 0 radical (unpaired) electrons.